The number of aromatic nitrogens is 3. The number of hydrogen-bond donors (Lipinski definition) is 1. The van der Waals surface area contributed by atoms with E-state index in [1.807, 2.05) is 73.6 Å². The zero-order valence-corrected chi connectivity index (χ0v) is 36.0. The molecule has 1 saturated carbocycles. The third-order valence-electron chi connectivity index (χ3n) is 12.4. The first-order chi connectivity index (χ1) is 27.2. The smallest absolute Gasteiger partial charge is 0.333 e. The maximum absolute atomic E-state index is 16.1. The Hall–Kier alpha value is -4.75. The number of hydrogen-bond acceptors (Lipinski definition) is 12. The van der Waals surface area contributed by atoms with Gasteiger partial charge in [-0.3, -0.25) is 14.4 Å². The van der Waals surface area contributed by atoms with Crippen molar-refractivity contribution in [3.63, 3.8) is 0 Å². The van der Waals surface area contributed by atoms with Crippen LogP contribution < -0.4 is 19.9 Å². The first-order valence-electron chi connectivity index (χ1n) is 19.7. The van der Waals surface area contributed by atoms with Gasteiger partial charge in [0, 0.05) is 29.4 Å². The van der Waals surface area contributed by atoms with Gasteiger partial charge in [-0.2, -0.15) is 0 Å². The topological polar surface area (TPSA) is 171 Å². The van der Waals surface area contributed by atoms with Crippen molar-refractivity contribution >= 4 is 47.1 Å². The van der Waals surface area contributed by atoms with Gasteiger partial charge in [0.05, 0.1) is 30.2 Å². The van der Waals surface area contributed by atoms with Crippen molar-refractivity contribution in [1.82, 2.24) is 14.8 Å². The monoisotopic (exact) mass is 818 g/mol. The van der Waals surface area contributed by atoms with Gasteiger partial charge in [-0.15, -0.1) is 16.7 Å². The Morgan fingerprint density at radius 3 is 2.31 bits per heavy atom. The molecule has 14 heteroatoms. The summed E-state index contributed by atoms with van der Waals surface area (Å²) in [6.45, 7) is 18.9. The average Bonchev–Trinajstić information content (AvgIpc) is 3.66. The van der Waals surface area contributed by atoms with Crippen LogP contribution in [-0.4, -0.2) is 73.7 Å². The highest BCUT2D eigenvalue weighted by Gasteiger charge is 2.81. The Kier molecular flexibility index (Phi) is 11.4. The number of methoxy groups -OCH3 is 1. The van der Waals surface area contributed by atoms with Crippen LogP contribution in [0.5, 0.6) is 17.2 Å². The molecule has 6 rings (SSSR count). The normalized spacial score (nSPS) is 29.2. The summed E-state index contributed by atoms with van der Waals surface area (Å²) in [7, 11) is 1.28. The van der Waals surface area contributed by atoms with Gasteiger partial charge in [0.15, 0.2) is 28.5 Å². The number of ether oxygens (including phenoxy) is 5. The van der Waals surface area contributed by atoms with Crippen LogP contribution in [0.25, 0.3) is 6.08 Å². The fraction of sp³-hybridized carbons (Fsp3) is 0.545. The zero-order valence-electron chi connectivity index (χ0n) is 35.3. The molecule has 4 aliphatic rings. The van der Waals surface area contributed by atoms with E-state index in [-0.39, 0.29) is 47.2 Å². The number of Topliss-reactive ketones (excluding diaryl/α,β-unsaturated/α-hetero) is 2. The number of anilines is 1. The number of alkyl halides is 1. The van der Waals surface area contributed by atoms with Gasteiger partial charge in [0.25, 0.3) is 0 Å². The largest absolute Gasteiger partial charge is 0.482 e. The molecule has 0 radical (unpaired) electrons. The quantitative estimate of drug-likeness (QED) is 0.0780. The zero-order chi connectivity index (χ0) is 42.7. The second-order valence-corrected chi connectivity index (χ2v) is 17.5. The van der Waals surface area contributed by atoms with Crippen molar-refractivity contribution < 1.29 is 42.9 Å². The summed E-state index contributed by atoms with van der Waals surface area (Å²) in [6.07, 6.45) is 12.4. The number of carbonyl (C=O) groups is 4. The Bertz CT molecular complexity index is 2180. The fourth-order valence-corrected chi connectivity index (χ4v) is 9.34. The molecule has 7 unspecified atom stereocenters. The molecule has 1 aromatic carbocycles. The molecule has 2 aromatic rings. The number of fused-ring (bicyclic) bond motifs is 2. The Morgan fingerprint density at radius 2 is 1.71 bits per heavy atom. The lowest BCUT2D eigenvalue weighted by Gasteiger charge is -2.58. The molecule has 13 nitrogen and oxygen atoms in total. The molecule has 0 bridgehead atoms. The Labute approximate surface area is 345 Å². The van der Waals surface area contributed by atoms with Crippen LogP contribution in [0.15, 0.2) is 47.4 Å². The Balaban J connectivity index is 1.74. The summed E-state index contributed by atoms with van der Waals surface area (Å²) < 4.78 is 34.0. The number of nitrogens with zero attached hydrogens (tertiary/aromatic N) is 3. The van der Waals surface area contributed by atoms with Crippen molar-refractivity contribution in [2.45, 2.75) is 123 Å². The number of halogens is 1. The van der Waals surface area contributed by atoms with Crippen molar-refractivity contribution in [3.05, 3.63) is 64.0 Å². The number of ketones is 2. The number of nitrogen functional groups attached to an aromatic ring is 1. The van der Waals surface area contributed by atoms with E-state index in [0.29, 0.717) is 23.3 Å². The van der Waals surface area contributed by atoms with Crippen LogP contribution in [-0.2, 0) is 30.3 Å². The van der Waals surface area contributed by atoms with E-state index in [9.17, 15) is 9.59 Å². The highest BCUT2D eigenvalue weighted by atomic mass is 35.5. The minimum atomic E-state index is -1.82. The summed E-state index contributed by atoms with van der Waals surface area (Å²) in [5.41, 5.74) is 4.03. The van der Waals surface area contributed by atoms with Crippen molar-refractivity contribution in [3.8, 4) is 17.2 Å². The molecule has 312 valence electrons. The number of allylic oxidation sites excluding steroid dienone is 4. The number of benzene rings is 1. The van der Waals surface area contributed by atoms with E-state index in [2.05, 4.69) is 16.2 Å². The molecule has 1 spiro atoms. The molecule has 7 atom stereocenters. The molecule has 4 heterocycles. The average molecular weight is 819 g/mol. The molecule has 2 N–H and O–H groups in total. The van der Waals surface area contributed by atoms with Gasteiger partial charge < -0.3 is 29.4 Å². The first-order valence-corrected chi connectivity index (χ1v) is 20.3. The van der Waals surface area contributed by atoms with E-state index in [0.717, 1.165) is 12.0 Å². The minimum Gasteiger partial charge on any atom is -0.482 e. The van der Waals surface area contributed by atoms with E-state index in [1.165, 1.54) is 23.7 Å². The van der Waals surface area contributed by atoms with Crippen LogP contribution in [0.3, 0.4) is 0 Å². The van der Waals surface area contributed by atoms with Crippen LogP contribution in [0.1, 0.15) is 116 Å². The maximum atomic E-state index is 16.1. The summed E-state index contributed by atoms with van der Waals surface area (Å²) in [4.78, 5) is 61.6. The van der Waals surface area contributed by atoms with Gasteiger partial charge in [-0.25, -0.2) is 14.5 Å². The van der Waals surface area contributed by atoms with Gasteiger partial charge in [-0.05, 0) is 86.8 Å². The molecule has 0 amide bonds. The number of rotatable bonds is 11. The molecule has 1 aromatic heterocycles. The van der Waals surface area contributed by atoms with E-state index >= 15 is 9.59 Å². The lowest BCUT2D eigenvalue weighted by molar-refractivity contribution is -0.197. The van der Waals surface area contributed by atoms with Crippen molar-refractivity contribution in [1.29, 1.82) is 0 Å². The second kappa shape index (κ2) is 15.4. The molecule has 1 aliphatic carbocycles. The molecule has 2 fully saturated rings. The highest BCUT2D eigenvalue weighted by Crippen LogP contribution is 2.67. The lowest BCUT2D eigenvalue weighted by Crippen LogP contribution is -2.75. The van der Waals surface area contributed by atoms with Crippen LogP contribution in [0, 0.1) is 17.8 Å². The third kappa shape index (κ3) is 6.87. The van der Waals surface area contributed by atoms with Crippen LogP contribution >= 0.6 is 11.6 Å². The first kappa shape index (κ1) is 42.8. The van der Waals surface area contributed by atoms with Gasteiger partial charge in [0.2, 0.25) is 5.95 Å². The predicted octanol–water partition coefficient (Wildman–Crippen LogP) is 7.51. The third-order valence-corrected chi connectivity index (χ3v) is 12.6. The predicted molar refractivity (Wildman–Crippen MR) is 219 cm³/mol. The molecule has 58 heavy (non-hydrogen) atoms. The van der Waals surface area contributed by atoms with Gasteiger partial charge >= 0.3 is 11.9 Å². The maximum Gasteiger partial charge on any atom is 0.333 e. The van der Waals surface area contributed by atoms with E-state index < -0.39 is 69.8 Å². The summed E-state index contributed by atoms with van der Waals surface area (Å²) in [5, 5.41) is 4.44. The van der Waals surface area contributed by atoms with Crippen molar-refractivity contribution in [2.24, 2.45) is 17.8 Å². The molecule has 1 saturated heterocycles. The standard InChI is InChI=1S/C44H55ClN4O9/c1-23(2)13-12-18-42(10)19-17-29-35(56-42)28(15-14-24(3)4)37-31(36(29)55-30(50)21-45)34(51)32-33(49-22-47-40(46)48-49)26(6)38(52)43(20-16-25(5)39(53)54-11)44(32,57-37)27(7)41(8,9)58-43/h13-14,16-17,19,22,26-27,32-33H,12,15,18,20-21H2,1-11H3,(H2,46,48)/b25-16-. The minimum absolute atomic E-state index is 0.0121. The van der Waals surface area contributed by atoms with Crippen molar-refractivity contribution in [2.75, 3.05) is 18.7 Å². The fourth-order valence-electron chi connectivity index (χ4n) is 9.29. The van der Waals surface area contributed by atoms with E-state index in [4.69, 9.17) is 41.0 Å². The Morgan fingerprint density at radius 1 is 1.02 bits per heavy atom. The van der Waals surface area contributed by atoms with Gasteiger partial charge in [0.1, 0.15) is 34.9 Å². The summed E-state index contributed by atoms with van der Waals surface area (Å²) in [6, 6.07) is -0.976. The number of nitrogens with two attached hydrogens (primary N) is 1. The lowest BCUT2D eigenvalue weighted by atomic mass is 9.52. The van der Waals surface area contributed by atoms with E-state index in [1.54, 1.807) is 19.9 Å². The molecule has 3 aliphatic heterocycles. The highest BCUT2D eigenvalue weighted by molar-refractivity contribution is 6.26. The number of esters is 2. The second-order valence-electron chi connectivity index (χ2n) is 17.2. The van der Waals surface area contributed by atoms with Gasteiger partial charge in [-0.1, -0.05) is 43.2 Å². The van der Waals surface area contributed by atoms with Crippen LogP contribution in [0.4, 0.5) is 5.95 Å². The summed E-state index contributed by atoms with van der Waals surface area (Å²) >= 11 is 6.06. The number of carbonyl (C=O) groups excluding carboxylic acids is 4. The summed E-state index contributed by atoms with van der Waals surface area (Å²) in [5.74, 6) is -5.03. The van der Waals surface area contributed by atoms with Crippen LogP contribution in [0.2, 0.25) is 0 Å². The SMILES string of the molecule is COC(=O)/C(C)=C\CC12OC(C)(C)C(C)C13Oc1c(CC=C(C)C)c4c(c(OC(=O)CCl)c1C(=O)C3C(n1cnc(N)n1)C(C)C2=O)C=CC(C)(CCC=C(C)C)O4. The molecular formula is C44H55ClN4O9. The molecular weight excluding hydrogens is 764 g/mol.